The molecule has 1 rings (SSSR count). The van der Waals surface area contributed by atoms with Crippen LogP contribution < -0.4 is 4.90 Å². The molecule has 1 heterocycles. The van der Waals surface area contributed by atoms with Crippen LogP contribution in [0.25, 0.3) is 0 Å². The molecule has 0 amide bonds. The molecule has 0 saturated heterocycles. The van der Waals surface area contributed by atoms with Crippen molar-refractivity contribution in [1.82, 2.24) is 14.8 Å². The van der Waals surface area contributed by atoms with E-state index in [1.807, 2.05) is 4.57 Å². The Morgan fingerprint density at radius 2 is 1.89 bits per heavy atom. The Morgan fingerprint density at radius 1 is 1.28 bits per heavy atom. The van der Waals surface area contributed by atoms with Crippen LogP contribution in [0, 0.1) is 4.77 Å². The van der Waals surface area contributed by atoms with Gasteiger partial charge in [-0.05, 0) is 18.6 Å². The second kappa shape index (κ2) is 8.23. The van der Waals surface area contributed by atoms with E-state index in [2.05, 4.69) is 22.0 Å². The van der Waals surface area contributed by atoms with Crippen LogP contribution in [-0.4, -0.2) is 55.3 Å². The van der Waals surface area contributed by atoms with Gasteiger partial charge in [0.25, 0.3) is 0 Å². The lowest BCUT2D eigenvalue weighted by Gasteiger charge is -2.23. The summed E-state index contributed by atoms with van der Waals surface area (Å²) in [7, 11) is 3.38. The van der Waals surface area contributed by atoms with E-state index in [1.165, 1.54) is 0 Å². The van der Waals surface area contributed by atoms with Gasteiger partial charge in [-0.1, -0.05) is 6.92 Å². The monoisotopic (exact) mass is 274 g/mol. The summed E-state index contributed by atoms with van der Waals surface area (Å²) >= 11 is 5.24. The number of methoxy groups -OCH3 is 2. The summed E-state index contributed by atoms with van der Waals surface area (Å²) in [5.41, 5.74) is 0. The number of rotatable bonds is 9. The minimum Gasteiger partial charge on any atom is -0.383 e. The quantitative estimate of drug-likeness (QED) is 0.691. The third-order valence-corrected chi connectivity index (χ3v) is 2.91. The van der Waals surface area contributed by atoms with Gasteiger partial charge in [-0.3, -0.25) is 4.57 Å². The number of anilines is 1. The SMILES string of the molecule is CCCn1c(N(CCOC)CCOC)n[nH]c1=S. The lowest BCUT2D eigenvalue weighted by molar-refractivity contribution is 0.189. The average Bonchev–Trinajstić information content (AvgIpc) is 2.72. The molecule has 1 aromatic heterocycles. The summed E-state index contributed by atoms with van der Waals surface area (Å²) in [4.78, 5) is 2.12. The number of aromatic amines is 1. The maximum Gasteiger partial charge on any atom is 0.225 e. The molecule has 0 aliphatic heterocycles. The molecule has 0 bridgehead atoms. The van der Waals surface area contributed by atoms with Gasteiger partial charge < -0.3 is 14.4 Å². The van der Waals surface area contributed by atoms with Crippen molar-refractivity contribution in [3.8, 4) is 0 Å². The molecule has 0 radical (unpaired) electrons. The number of hydrogen-bond acceptors (Lipinski definition) is 5. The van der Waals surface area contributed by atoms with Crippen LogP contribution in [0.4, 0.5) is 5.95 Å². The zero-order valence-corrected chi connectivity index (χ0v) is 12.1. The van der Waals surface area contributed by atoms with E-state index in [4.69, 9.17) is 21.7 Å². The van der Waals surface area contributed by atoms with Gasteiger partial charge in [-0.15, -0.1) is 5.10 Å². The normalized spacial score (nSPS) is 10.8. The molecule has 1 aromatic rings. The van der Waals surface area contributed by atoms with Crippen molar-refractivity contribution < 1.29 is 9.47 Å². The number of ether oxygens (including phenoxy) is 2. The third-order valence-electron chi connectivity index (χ3n) is 2.60. The van der Waals surface area contributed by atoms with Gasteiger partial charge in [0.05, 0.1) is 13.2 Å². The fourth-order valence-electron chi connectivity index (χ4n) is 1.69. The van der Waals surface area contributed by atoms with Crippen LogP contribution in [0.5, 0.6) is 0 Å². The van der Waals surface area contributed by atoms with Crippen LogP contribution in [0.15, 0.2) is 0 Å². The molecular weight excluding hydrogens is 252 g/mol. The first kappa shape index (κ1) is 15.1. The molecule has 0 aliphatic rings. The zero-order chi connectivity index (χ0) is 13.4. The molecule has 0 aliphatic carbocycles. The number of aromatic nitrogens is 3. The smallest absolute Gasteiger partial charge is 0.225 e. The van der Waals surface area contributed by atoms with Gasteiger partial charge in [0.1, 0.15) is 0 Å². The van der Waals surface area contributed by atoms with Crippen molar-refractivity contribution >= 4 is 18.2 Å². The second-order valence-electron chi connectivity index (χ2n) is 3.95. The largest absolute Gasteiger partial charge is 0.383 e. The Hall–Kier alpha value is -0.920. The van der Waals surface area contributed by atoms with E-state index in [1.54, 1.807) is 14.2 Å². The maximum atomic E-state index is 5.24. The number of hydrogen-bond donors (Lipinski definition) is 1. The van der Waals surface area contributed by atoms with Gasteiger partial charge in [-0.25, -0.2) is 5.10 Å². The Bertz CT molecular complexity index is 383. The summed E-state index contributed by atoms with van der Waals surface area (Å²) in [6.45, 7) is 5.81. The first-order chi connectivity index (χ1) is 8.74. The first-order valence-corrected chi connectivity index (χ1v) is 6.53. The summed E-state index contributed by atoms with van der Waals surface area (Å²) < 4.78 is 12.9. The van der Waals surface area contributed by atoms with E-state index in [9.17, 15) is 0 Å². The van der Waals surface area contributed by atoms with Crippen molar-refractivity contribution in [2.24, 2.45) is 0 Å². The van der Waals surface area contributed by atoms with E-state index < -0.39 is 0 Å². The Labute approximate surface area is 113 Å². The number of nitrogens with one attached hydrogen (secondary N) is 1. The van der Waals surface area contributed by atoms with Crippen LogP contribution in [0.1, 0.15) is 13.3 Å². The fraction of sp³-hybridized carbons (Fsp3) is 0.818. The summed E-state index contributed by atoms with van der Waals surface area (Å²) in [5.74, 6) is 0.857. The summed E-state index contributed by atoms with van der Waals surface area (Å²) in [6.07, 6.45) is 1.02. The number of nitrogens with zero attached hydrogens (tertiary/aromatic N) is 3. The second-order valence-corrected chi connectivity index (χ2v) is 4.34. The van der Waals surface area contributed by atoms with Crippen molar-refractivity contribution in [1.29, 1.82) is 0 Å². The predicted molar refractivity (Wildman–Crippen MR) is 73.7 cm³/mol. The van der Waals surface area contributed by atoms with Crippen LogP contribution in [0.3, 0.4) is 0 Å². The van der Waals surface area contributed by atoms with Crippen LogP contribution >= 0.6 is 12.2 Å². The fourth-order valence-corrected chi connectivity index (χ4v) is 1.91. The third kappa shape index (κ3) is 4.08. The molecule has 0 atom stereocenters. The summed E-state index contributed by atoms with van der Waals surface area (Å²) in [6, 6.07) is 0. The zero-order valence-electron chi connectivity index (χ0n) is 11.3. The average molecular weight is 274 g/mol. The maximum absolute atomic E-state index is 5.24. The van der Waals surface area contributed by atoms with Gasteiger partial charge in [-0.2, -0.15) is 0 Å². The van der Waals surface area contributed by atoms with Crippen LogP contribution in [-0.2, 0) is 16.0 Å². The molecule has 18 heavy (non-hydrogen) atoms. The molecule has 6 nitrogen and oxygen atoms in total. The van der Waals surface area contributed by atoms with E-state index in [0.717, 1.165) is 32.0 Å². The molecule has 0 spiro atoms. The predicted octanol–water partition coefficient (Wildman–Crippen LogP) is 1.45. The minimum absolute atomic E-state index is 0.648. The van der Waals surface area contributed by atoms with Crippen molar-refractivity contribution in [3.05, 3.63) is 4.77 Å². The van der Waals surface area contributed by atoms with Crippen molar-refractivity contribution in [2.45, 2.75) is 19.9 Å². The highest BCUT2D eigenvalue weighted by molar-refractivity contribution is 7.71. The Kier molecular flexibility index (Phi) is 6.92. The van der Waals surface area contributed by atoms with Gasteiger partial charge >= 0.3 is 0 Å². The molecule has 0 saturated carbocycles. The highest BCUT2D eigenvalue weighted by Gasteiger charge is 2.13. The topological polar surface area (TPSA) is 55.3 Å². The first-order valence-electron chi connectivity index (χ1n) is 6.12. The van der Waals surface area contributed by atoms with Crippen molar-refractivity contribution in [2.75, 3.05) is 45.4 Å². The standard InChI is InChI=1S/C11H22N4O2S/c1-4-5-15-10(12-13-11(15)18)14(6-8-16-2)7-9-17-3/h4-9H2,1-3H3,(H,13,18). The highest BCUT2D eigenvalue weighted by atomic mass is 32.1. The van der Waals surface area contributed by atoms with E-state index in [0.29, 0.717) is 18.0 Å². The molecule has 0 unspecified atom stereocenters. The van der Waals surface area contributed by atoms with E-state index in [-0.39, 0.29) is 0 Å². The van der Waals surface area contributed by atoms with Gasteiger partial charge in [0, 0.05) is 33.9 Å². The molecule has 0 fully saturated rings. The molecule has 0 aromatic carbocycles. The van der Waals surface area contributed by atoms with Crippen LogP contribution in [0.2, 0.25) is 0 Å². The molecular formula is C11H22N4O2S. The summed E-state index contributed by atoms with van der Waals surface area (Å²) in [5, 5.41) is 7.15. The molecule has 104 valence electrons. The van der Waals surface area contributed by atoms with E-state index >= 15 is 0 Å². The molecule has 7 heteroatoms. The number of H-pyrrole nitrogens is 1. The van der Waals surface area contributed by atoms with Crippen molar-refractivity contribution in [3.63, 3.8) is 0 Å². The van der Waals surface area contributed by atoms with Gasteiger partial charge in [0.15, 0.2) is 4.77 Å². The minimum atomic E-state index is 0.648. The highest BCUT2D eigenvalue weighted by Crippen LogP contribution is 2.11. The lowest BCUT2D eigenvalue weighted by atomic mass is 10.4. The Morgan fingerprint density at radius 3 is 2.39 bits per heavy atom. The van der Waals surface area contributed by atoms with Gasteiger partial charge in [0.2, 0.25) is 5.95 Å². The Balaban J connectivity index is 2.85. The lowest BCUT2D eigenvalue weighted by Crippen LogP contribution is -2.33. The molecule has 1 N–H and O–H groups in total.